The third-order valence-corrected chi connectivity index (χ3v) is 2.33. The number of aliphatic imine (C=N–C) groups is 1. The van der Waals surface area contributed by atoms with Crippen LogP contribution in [-0.2, 0) is 0 Å². The molecular weight excluding hydrogens is 210 g/mol. The van der Waals surface area contributed by atoms with Crippen LogP contribution in [0.5, 0.6) is 0 Å². The SMILES string of the molecule is C#CCN=C(NCC)NC(C)c1ccccc1. The lowest BCUT2D eigenvalue weighted by atomic mass is 10.1. The van der Waals surface area contributed by atoms with Crippen molar-refractivity contribution in [2.75, 3.05) is 13.1 Å². The van der Waals surface area contributed by atoms with Gasteiger partial charge in [0.1, 0.15) is 6.54 Å². The van der Waals surface area contributed by atoms with Crippen LogP contribution in [0.15, 0.2) is 35.3 Å². The Hall–Kier alpha value is -1.95. The average molecular weight is 229 g/mol. The first kappa shape index (κ1) is 13.1. The molecule has 2 N–H and O–H groups in total. The zero-order valence-electron chi connectivity index (χ0n) is 10.4. The highest BCUT2D eigenvalue weighted by atomic mass is 15.2. The molecule has 3 heteroatoms. The highest BCUT2D eigenvalue weighted by Crippen LogP contribution is 2.10. The maximum absolute atomic E-state index is 5.20. The Labute approximate surface area is 103 Å². The maximum atomic E-state index is 5.20. The molecular formula is C14H19N3. The molecule has 0 fully saturated rings. The fraction of sp³-hybridized carbons (Fsp3) is 0.357. The third kappa shape index (κ3) is 4.60. The van der Waals surface area contributed by atoms with E-state index in [1.165, 1.54) is 5.56 Å². The van der Waals surface area contributed by atoms with E-state index < -0.39 is 0 Å². The number of benzene rings is 1. The minimum atomic E-state index is 0.201. The molecule has 0 aromatic heterocycles. The largest absolute Gasteiger partial charge is 0.357 e. The van der Waals surface area contributed by atoms with Crippen molar-refractivity contribution in [1.29, 1.82) is 0 Å². The van der Waals surface area contributed by atoms with Crippen LogP contribution in [0.1, 0.15) is 25.5 Å². The van der Waals surface area contributed by atoms with Crippen molar-refractivity contribution < 1.29 is 0 Å². The smallest absolute Gasteiger partial charge is 0.192 e. The normalized spacial score (nSPS) is 12.6. The number of hydrogen-bond acceptors (Lipinski definition) is 1. The van der Waals surface area contributed by atoms with E-state index in [0.717, 1.165) is 12.5 Å². The number of rotatable bonds is 4. The Balaban J connectivity index is 2.64. The molecule has 0 aliphatic carbocycles. The van der Waals surface area contributed by atoms with E-state index in [9.17, 15) is 0 Å². The zero-order chi connectivity index (χ0) is 12.5. The summed E-state index contributed by atoms with van der Waals surface area (Å²) in [7, 11) is 0. The van der Waals surface area contributed by atoms with E-state index >= 15 is 0 Å². The summed E-state index contributed by atoms with van der Waals surface area (Å²) >= 11 is 0. The molecule has 1 unspecified atom stereocenters. The Morgan fingerprint density at radius 3 is 2.71 bits per heavy atom. The van der Waals surface area contributed by atoms with Crippen molar-refractivity contribution in [2.24, 2.45) is 4.99 Å². The number of terminal acetylenes is 1. The highest BCUT2D eigenvalue weighted by molar-refractivity contribution is 5.80. The van der Waals surface area contributed by atoms with Gasteiger partial charge in [-0.15, -0.1) is 6.42 Å². The molecule has 1 aromatic carbocycles. The average Bonchev–Trinajstić information content (AvgIpc) is 2.37. The van der Waals surface area contributed by atoms with Gasteiger partial charge in [0.25, 0.3) is 0 Å². The fourth-order valence-corrected chi connectivity index (χ4v) is 1.47. The van der Waals surface area contributed by atoms with Gasteiger partial charge in [-0.1, -0.05) is 36.3 Å². The molecule has 0 aliphatic heterocycles. The lowest BCUT2D eigenvalue weighted by molar-refractivity contribution is 0.689. The monoisotopic (exact) mass is 229 g/mol. The van der Waals surface area contributed by atoms with Crippen LogP contribution < -0.4 is 10.6 Å². The van der Waals surface area contributed by atoms with Crippen molar-refractivity contribution in [3.63, 3.8) is 0 Å². The number of nitrogens with one attached hydrogen (secondary N) is 2. The minimum absolute atomic E-state index is 0.201. The lowest BCUT2D eigenvalue weighted by Gasteiger charge is -2.17. The molecule has 3 nitrogen and oxygen atoms in total. The fourth-order valence-electron chi connectivity index (χ4n) is 1.47. The maximum Gasteiger partial charge on any atom is 0.192 e. The van der Waals surface area contributed by atoms with Crippen LogP contribution in [-0.4, -0.2) is 19.0 Å². The molecule has 0 saturated heterocycles. The Bertz CT molecular complexity index is 390. The molecule has 0 amide bonds. The Morgan fingerprint density at radius 2 is 2.12 bits per heavy atom. The standard InChI is InChI=1S/C14H19N3/c1-4-11-16-14(15-5-2)17-12(3)13-9-7-6-8-10-13/h1,6-10,12H,5,11H2,2-3H3,(H2,15,16,17). The molecule has 0 heterocycles. The zero-order valence-corrected chi connectivity index (χ0v) is 10.4. The summed E-state index contributed by atoms with van der Waals surface area (Å²) in [5, 5.41) is 6.47. The molecule has 0 aliphatic rings. The summed E-state index contributed by atoms with van der Waals surface area (Å²) in [6.45, 7) is 5.33. The van der Waals surface area contributed by atoms with Gasteiger partial charge in [-0.3, -0.25) is 0 Å². The topological polar surface area (TPSA) is 36.4 Å². The first-order chi connectivity index (χ1) is 8.27. The lowest BCUT2D eigenvalue weighted by Crippen LogP contribution is -2.38. The van der Waals surface area contributed by atoms with Crippen LogP contribution in [0, 0.1) is 12.3 Å². The van der Waals surface area contributed by atoms with Crippen molar-refractivity contribution in [3.05, 3.63) is 35.9 Å². The predicted molar refractivity (Wildman–Crippen MR) is 72.8 cm³/mol. The van der Waals surface area contributed by atoms with Crippen LogP contribution in [0.4, 0.5) is 0 Å². The van der Waals surface area contributed by atoms with Gasteiger partial charge in [0.05, 0.1) is 6.04 Å². The van der Waals surface area contributed by atoms with Gasteiger partial charge in [0, 0.05) is 6.54 Å². The Kier molecular flexibility index (Phi) is 5.67. The quantitative estimate of drug-likeness (QED) is 0.470. The van der Waals surface area contributed by atoms with Gasteiger partial charge in [-0.25, -0.2) is 4.99 Å². The molecule has 0 spiro atoms. The predicted octanol–water partition coefficient (Wildman–Crippen LogP) is 1.94. The third-order valence-electron chi connectivity index (χ3n) is 2.33. The molecule has 17 heavy (non-hydrogen) atoms. The van der Waals surface area contributed by atoms with Gasteiger partial charge < -0.3 is 10.6 Å². The Morgan fingerprint density at radius 1 is 1.41 bits per heavy atom. The first-order valence-electron chi connectivity index (χ1n) is 5.81. The van der Waals surface area contributed by atoms with Crippen LogP contribution in [0.3, 0.4) is 0 Å². The molecule has 0 saturated carbocycles. The van der Waals surface area contributed by atoms with E-state index in [0.29, 0.717) is 6.54 Å². The van der Waals surface area contributed by atoms with E-state index in [1.54, 1.807) is 0 Å². The van der Waals surface area contributed by atoms with Crippen LogP contribution in [0.25, 0.3) is 0 Å². The molecule has 0 radical (unpaired) electrons. The van der Waals surface area contributed by atoms with E-state index in [4.69, 9.17) is 6.42 Å². The van der Waals surface area contributed by atoms with Crippen molar-refractivity contribution >= 4 is 5.96 Å². The van der Waals surface area contributed by atoms with Gasteiger partial charge in [-0.05, 0) is 19.4 Å². The molecule has 90 valence electrons. The first-order valence-corrected chi connectivity index (χ1v) is 5.81. The van der Waals surface area contributed by atoms with Crippen LogP contribution >= 0.6 is 0 Å². The number of nitrogens with zero attached hydrogens (tertiary/aromatic N) is 1. The van der Waals surface area contributed by atoms with Gasteiger partial charge >= 0.3 is 0 Å². The number of hydrogen-bond donors (Lipinski definition) is 2. The summed E-state index contributed by atoms with van der Waals surface area (Å²) in [5.74, 6) is 3.25. The van der Waals surface area contributed by atoms with Crippen molar-refractivity contribution in [3.8, 4) is 12.3 Å². The van der Waals surface area contributed by atoms with Gasteiger partial charge in [0.15, 0.2) is 5.96 Å². The van der Waals surface area contributed by atoms with E-state index in [-0.39, 0.29) is 6.04 Å². The second kappa shape index (κ2) is 7.34. The molecule has 1 rings (SSSR count). The van der Waals surface area contributed by atoms with E-state index in [1.807, 2.05) is 25.1 Å². The number of guanidine groups is 1. The summed E-state index contributed by atoms with van der Waals surface area (Å²) in [6, 6.07) is 10.4. The minimum Gasteiger partial charge on any atom is -0.357 e. The molecule has 1 atom stereocenters. The summed E-state index contributed by atoms with van der Waals surface area (Å²) < 4.78 is 0. The molecule has 0 bridgehead atoms. The van der Waals surface area contributed by atoms with Gasteiger partial charge in [-0.2, -0.15) is 0 Å². The van der Waals surface area contributed by atoms with Gasteiger partial charge in [0.2, 0.25) is 0 Å². The summed E-state index contributed by atoms with van der Waals surface area (Å²) in [5.41, 5.74) is 1.22. The van der Waals surface area contributed by atoms with Crippen molar-refractivity contribution in [2.45, 2.75) is 19.9 Å². The van der Waals surface area contributed by atoms with Crippen molar-refractivity contribution in [1.82, 2.24) is 10.6 Å². The summed E-state index contributed by atoms with van der Waals surface area (Å²) in [6.07, 6.45) is 5.20. The summed E-state index contributed by atoms with van der Waals surface area (Å²) in [4.78, 5) is 4.26. The second-order valence-corrected chi connectivity index (χ2v) is 3.68. The molecule has 1 aromatic rings. The van der Waals surface area contributed by atoms with E-state index in [2.05, 4.69) is 40.6 Å². The highest BCUT2D eigenvalue weighted by Gasteiger charge is 2.06. The van der Waals surface area contributed by atoms with Crippen LogP contribution in [0.2, 0.25) is 0 Å². The second-order valence-electron chi connectivity index (χ2n) is 3.68.